The fourth-order valence-electron chi connectivity index (χ4n) is 2.42. The van der Waals surface area contributed by atoms with E-state index in [4.69, 9.17) is 0 Å². The summed E-state index contributed by atoms with van der Waals surface area (Å²) in [6, 6.07) is 19.9. The molecule has 0 atom stereocenters. The Balaban J connectivity index is 2.04. The van der Waals surface area contributed by atoms with Gasteiger partial charge in [-0.15, -0.1) is 0 Å². The van der Waals surface area contributed by atoms with Crippen molar-refractivity contribution in [3.8, 4) is 22.5 Å². The summed E-state index contributed by atoms with van der Waals surface area (Å²) in [4.78, 5) is 18.7. The maximum atomic E-state index is 11.9. The zero-order chi connectivity index (χ0) is 15.5. The standard InChI is InChI=1S/C19H18N2O/c1-13(2)14-8-10-16(11-9-14)18-12-17(20-19(22)21-18)15-6-4-3-5-7-15/h3-13H,1-2H3,(H,20,21,22). The maximum absolute atomic E-state index is 11.9. The van der Waals surface area contributed by atoms with E-state index in [0.29, 0.717) is 11.6 Å². The first-order valence-electron chi connectivity index (χ1n) is 7.40. The Morgan fingerprint density at radius 2 is 1.59 bits per heavy atom. The average molecular weight is 290 g/mol. The van der Waals surface area contributed by atoms with E-state index in [1.54, 1.807) is 0 Å². The van der Waals surface area contributed by atoms with Crippen molar-refractivity contribution in [2.24, 2.45) is 0 Å². The van der Waals surface area contributed by atoms with Crippen LogP contribution >= 0.6 is 0 Å². The fraction of sp³-hybridized carbons (Fsp3) is 0.158. The monoisotopic (exact) mass is 290 g/mol. The van der Waals surface area contributed by atoms with E-state index in [0.717, 1.165) is 16.8 Å². The molecule has 3 nitrogen and oxygen atoms in total. The third-order valence-corrected chi connectivity index (χ3v) is 3.70. The van der Waals surface area contributed by atoms with Crippen molar-refractivity contribution < 1.29 is 0 Å². The molecule has 0 aliphatic rings. The van der Waals surface area contributed by atoms with Gasteiger partial charge in [-0.25, -0.2) is 4.79 Å². The normalized spacial score (nSPS) is 10.9. The van der Waals surface area contributed by atoms with Crippen molar-refractivity contribution in [2.45, 2.75) is 19.8 Å². The molecule has 110 valence electrons. The number of aromatic amines is 1. The molecule has 1 heterocycles. The van der Waals surface area contributed by atoms with E-state index in [2.05, 4.69) is 35.9 Å². The molecule has 3 aromatic rings. The van der Waals surface area contributed by atoms with Crippen LogP contribution in [0.5, 0.6) is 0 Å². The van der Waals surface area contributed by atoms with Crippen molar-refractivity contribution in [3.05, 3.63) is 76.7 Å². The second-order valence-corrected chi connectivity index (χ2v) is 5.63. The predicted molar refractivity (Wildman–Crippen MR) is 89.8 cm³/mol. The van der Waals surface area contributed by atoms with Crippen molar-refractivity contribution in [2.75, 3.05) is 0 Å². The van der Waals surface area contributed by atoms with Gasteiger partial charge in [0.2, 0.25) is 0 Å². The van der Waals surface area contributed by atoms with Crippen LogP contribution in [0.1, 0.15) is 25.3 Å². The minimum atomic E-state index is -0.329. The predicted octanol–water partition coefficient (Wildman–Crippen LogP) is 4.23. The molecule has 0 aliphatic heterocycles. The Labute approximate surface area is 129 Å². The number of H-pyrrole nitrogens is 1. The van der Waals surface area contributed by atoms with Gasteiger partial charge in [0.15, 0.2) is 0 Å². The third-order valence-electron chi connectivity index (χ3n) is 3.70. The molecule has 0 aliphatic carbocycles. The Morgan fingerprint density at radius 1 is 0.909 bits per heavy atom. The number of rotatable bonds is 3. The Kier molecular flexibility index (Phi) is 3.88. The molecule has 0 saturated carbocycles. The second-order valence-electron chi connectivity index (χ2n) is 5.63. The van der Waals surface area contributed by atoms with E-state index in [-0.39, 0.29) is 5.69 Å². The summed E-state index contributed by atoms with van der Waals surface area (Å²) in [5.41, 5.74) is 4.35. The Hall–Kier alpha value is -2.68. The van der Waals surface area contributed by atoms with Crippen LogP contribution in [0, 0.1) is 0 Å². The van der Waals surface area contributed by atoms with Gasteiger partial charge in [-0.05, 0) is 23.1 Å². The number of nitrogens with zero attached hydrogens (tertiary/aromatic N) is 1. The summed E-state index contributed by atoms with van der Waals surface area (Å²) >= 11 is 0. The molecular formula is C19H18N2O. The van der Waals surface area contributed by atoms with E-state index in [9.17, 15) is 4.79 Å². The van der Waals surface area contributed by atoms with Crippen LogP contribution in [-0.4, -0.2) is 9.97 Å². The van der Waals surface area contributed by atoms with Gasteiger partial charge in [-0.1, -0.05) is 68.4 Å². The Morgan fingerprint density at radius 3 is 2.23 bits per heavy atom. The highest BCUT2D eigenvalue weighted by Crippen LogP contribution is 2.23. The van der Waals surface area contributed by atoms with Crippen molar-refractivity contribution in [3.63, 3.8) is 0 Å². The molecular weight excluding hydrogens is 272 g/mol. The average Bonchev–Trinajstić information content (AvgIpc) is 2.55. The molecule has 3 heteroatoms. The molecule has 0 unspecified atom stereocenters. The molecule has 22 heavy (non-hydrogen) atoms. The first kappa shape index (κ1) is 14.3. The van der Waals surface area contributed by atoms with Gasteiger partial charge in [0.1, 0.15) is 0 Å². The van der Waals surface area contributed by atoms with Crippen LogP contribution in [0.4, 0.5) is 0 Å². The van der Waals surface area contributed by atoms with Gasteiger partial charge in [0.25, 0.3) is 0 Å². The molecule has 1 aromatic heterocycles. The molecule has 0 spiro atoms. The molecule has 1 N–H and O–H groups in total. The second kappa shape index (κ2) is 5.98. The molecule has 0 radical (unpaired) electrons. The summed E-state index contributed by atoms with van der Waals surface area (Å²) in [5, 5.41) is 0. The van der Waals surface area contributed by atoms with Crippen LogP contribution < -0.4 is 5.69 Å². The van der Waals surface area contributed by atoms with E-state index in [1.807, 2.05) is 48.5 Å². The van der Waals surface area contributed by atoms with Crippen LogP contribution in [-0.2, 0) is 0 Å². The largest absolute Gasteiger partial charge is 0.345 e. The quantitative estimate of drug-likeness (QED) is 0.784. The lowest BCUT2D eigenvalue weighted by Gasteiger charge is -2.08. The first-order valence-corrected chi connectivity index (χ1v) is 7.40. The number of benzene rings is 2. The number of hydrogen-bond acceptors (Lipinski definition) is 2. The maximum Gasteiger partial charge on any atom is 0.345 e. The van der Waals surface area contributed by atoms with Gasteiger partial charge < -0.3 is 4.98 Å². The zero-order valence-corrected chi connectivity index (χ0v) is 12.7. The van der Waals surface area contributed by atoms with Crippen LogP contribution in [0.2, 0.25) is 0 Å². The minimum absolute atomic E-state index is 0.329. The highest BCUT2D eigenvalue weighted by atomic mass is 16.1. The molecule has 0 saturated heterocycles. The highest BCUT2D eigenvalue weighted by molar-refractivity contribution is 5.67. The fourth-order valence-corrected chi connectivity index (χ4v) is 2.42. The van der Waals surface area contributed by atoms with Gasteiger partial charge in [0, 0.05) is 5.56 Å². The third kappa shape index (κ3) is 2.98. The molecule has 0 bridgehead atoms. The van der Waals surface area contributed by atoms with Gasteiger partial charge in [-0.2, -0.15) is 4.98 Å². The van der Waals surface area contributed by atoms with Crippen LogP contribution in [0.3, 0.4) is 0 Å². The lowest BCUT2D eigenvalue weighted by atomic mass is 10.0. The SMILES string of the molecule is CC(C)c1ccc(-c2cc(-c3ccccc3)nc(=O)[nH]2)cc1. The number of hydrogen-bond donors (Lipinski definition) is 1. The van der Waals surface area contributed by atoms with Crippen molar-refractivity contribution in [1.29, 1.82) is 0 Å². The zero-order valence-electron chi connectivity index (χ0n) is 12.7. The smallest absolute Gasteiger partial charge is 0.305 e. The van der Waals surface area contributed by atoms with E-state index >= 15 is 0 Å². The summed E-state index contributed by atoms with van der Waals surface area (Å²) < 4.78 is 0. The summed E-state index contributed by atoms with van der Waals surface area (Å²) in [5.74, 6) is 0.491. The Bertz CT molecular complexity index is 818. The van der Waals surface area contributed by atoms with Gasteiger partial charge >= 0.3 is 5.69 Å². The first-order chi connectivity index (χ1) is 10.6. The van der Waals surface area contributed by atoms with E-state index in [1.165, 1.54) is 5.56 Å². The molecule has 3 rings (SSSR count). The molecule has 2 aromatic carbocycles. The number of nitrogens with one attached hydrogen (secondary N) is 1. The highest BCUT2D eigenvalue weighted by Gasteiger charge is 2.06. The minimum Gasteiger partial charge on any atom is -0.305 e. The molecule has 0 fully saturated rings. The molecule has 0 amide bonds. The van der Waals surface area contributed by atoms with Crippen molar-refractivity contribution >= 4 is 0 Å². The summed E-state index contributed by atoms with van der Waals surface area (Å²) in [7, 11) is 0. The van der Waals surface area contributed by atoms with Gasteiger partial charge in [-0.3, -0.25) is 0 Å². The van der Waals surface area contributed by atoms with Crippen molar-refractivity contribution in [1.82, 2.24) is 9.97 Å². The summed E-state index contributed by atoms with van der Waals surface area (Å²) in [6.45, 7) is 4.33. The topological polar surface area (TPSA) is 45.8 Å². The lowest BCUT2D eigenvalue weighted by Crippen LogP contribution is -2.11. The van der Waals surface area contributed by atoms with Crippen LogP contribution in [0.25, 0.3) is 22.5 Å². The van der Waals surface area contributed by atoms with Gasteiger partial charge in [0.05, 0.1) is 11.4 Å². The van der Waals surface area contributed by atoms with E-state index < -0.39 is 0 Å². The van der Waals surface area contributed by atoms with Crippen LogP contribution in [0.15, 0.2) is 65.5 Å². The lowest BCUT2D eigenvalue weighted by molar-refractivity contribution is 0.867. The summed E-state index contributed by atoms with van der Waals surface area (Å²) in [6.07, 6.45) is 0. The number of aromatic nitrogens is 2.